The van der Waals surface area contributed by atoms with Crippen molar-refractivity contribution in [2.75, 3.05) is 0 Å². The smallest absolute Gasteiger partial charge is 0.379 e. The number of rotatable bonds is 2. The fourth-order valence-corrected chi connectivity index (χ4v) is 1.20. The van der Waals surface area contributed by atoms with Crippen molar-refractivity contribution in [3.8, 4) is 5.75 Å². The van der Waals surface area contributed by atoms with Crippen molar-refractivity contribution < 1.29 is 14.3 Å². The van der Waals surface area contributed by atoms with E-state index in [0.717, 1.165) is 5.56 Å². The van der Waals surface area contributed by atoms with Gasteiger partial charge in [-0.15, -0.1) is 0 Å². The van der Waals surface area contributed by atoms with Crippen molar-refractivity contribution in [2.45, 2.75) is 33.1 Å². The Morgan fingerprint density at radius 3 is 1.94 bits per heavy atom. The summed E-state index contributed by atoms with van der Waals surface area (Å²) in [7, 11) is 0. The molecule has 0 aliphatic rings. The van der Waals surface area contributed by atoms with Crippen LogP contribution in [0.3, 0.4) is 0 Å². The Labute approximate surface area is 95.4 Å². The first-order chi connectivity index (χ1) is 7.30. The molecule has 0 aliphatic carbocycles. The number of hydrogen-bond acceptors (Lipinski definition) is 3. The highest BCUT2D eigenvalue weighted by Crippen LogP contribution is 2.24. The number of ether oxygens (including phenoxy) is 1. The molecule has 0 N–H and O–H groups in total. The first kappa shape index (κ1) is 12.4. The molecule has 86 valence electrons. The molecule has 0 aromatic heterocycles. The van der Waals surface area contributed by atoms with E-state index >= 15 is 0 Å². The highest BCUT2D eigenvalue weighted by Gasteiger charge is 2.14. The maximum atomic E-state index is 11.0. The quantitative estimate of drug-likeness (QED) is 0.437. The molecule has 0 heterocycles. The van der Waals surface area contributed by atoms with E-state index in [1.807, 2.05) is 12.1 Å². The zero-order chi connectivity index (χ0) is 12.3. The lowest BCUT2D eigenvalue weighted by molar-refractivity contribution is -0.146. The number of ketones is 1. The Bertz CT molecular complexity index is 396. The van der Waals surface area contributed by atoms with Gasteiger partial charge < -0.3 is 4.74 Å². The summed E-state index contributed by atoms with van der Waals surface area (Å²) in [4.78, 5) is 21.7. The second-order valence-corrected chi connectivity index (χ2v) is 4.72. The number of carbonyl (C=O) groups excluding carboxylic acids is 2. The molecule has 0 atom stereocenters. The van der Waals surface area contributed by atoms with Crippen LogP contribution in [0.25, 0.3) is 0 Å². The first-order valence-corrected chi connectivity index (χ1v) is 5.14. The van der Waals surface area contributed by atoms with E-state index in [9.17, 15) is 9.59 Å². The molecule has 0 saturated heterocycles. The van der Waals surface area contributed by atoms with E-state index in [-0.39, 0.29) is 5.41 Å². The van der Waals surface area contributed by atoms with Crippen LogP contribution < -0.4 is 4.74 Å². The summed E-state index contributed by atoms with van der Waals surface area (Å²) in [5.41, 5.74) is 1.21. The van der Waals surface area contributed by atoms with Gasteiger partial charge in [0.15, 0.2) is 0 Å². The van der Waals surface area contributed by atoms with Crippen molar-refractivity contribution in [2.24, 2.45) is 0 Å². The molecule has 0 saturated carbocycles. The standard InChI is InChI=1S/C13H16O3/c1-9(14)12(15)16-11-7-5-10(6-8-11)13(2,3)4/h5-8H,1-4H3. The van der Waals surface area contributed by atoms with Crippen molar-refractivity contribution in [1.29, 1.82) is 0 Å². The molecule has 0 spiro atoms. The summed E-state index contributed by atoms with van der Waals surface area (Å²) in [6, 6.07) is 7.17. The fraction of sp³-hybridized carbons (Fsp3) is 0.385. The topological polar surface area (TPSA) is 43.4 Å². The van der Waals surface area contributed by atoms with Gasteiger partial charge in [-0.25, -0.2) is 4.79 Å². The van der Waals surface area contributed by atoms with Gasteiger partial charge in [0, 0.05) is 6.92 Å². The molecule has 3 nitrogen and oxygen atoms in total. The molecule has 0 unspecified atom stereocenters. The molecule has 16 heavy (non-hydrogen) atoms. The molecule has 3 heteroatoms. The summed E-state index contributed by atoms with van der Waals surface area (Å²) < 4.78 is 4.85. The lowest BCUT2D eigenvalue weighted by Gasteiger charge is -2.18. The fourth-order valence-electron chi connectivity index (χ4n) is 1.20. The van der Waals surface area contributed by atoms with Crippen LogP contribution in [-0.2, 0) is 15.0 Å². The Morgan fingerprint density at radius 2 is 1.56 bits per heavy atom. The SMILES string of the molecule is CC(=O)C(=O)Oc1ccc(C(C)(C)C)cc1. The van der Waals surface area contributed by atoms with E-state index in [2.05, 4.69) is 20.8 Å². The highest BCUT2D eigenvalue weighted by molar-refractivity contribution is 6.33. The Hall–Kier alpha value is -1.64. The van der Waals surface area contributed by atoms with Crippen LogP contribution in [0.5, 0.6) is 5.75 Å². The van der Waals surface area contributed by atoms with E-state index in [1.54, 1.807) is 12.1 Å². The monoisotopic (exact) mass is 220 g/mol. The first-order valence-electron chi connectivity index (χ1n) is 5.14. The van der Waals surface area contributed by atoms with Crippen LogP contribution in [-0.4, -0.2) is 11.8 Å². The molecule has 0 bridgehead atoms. The zero-order valence-electron chi connectivity index (χ0n) is 10.0. The number of benzene rings is 1. The minimum Gasteiger partial charge on any atom is -0.421 e. The molecular formula is C13H16O3. The van der Waals surface area contributed by atoms with Crippen LogP contribution in [0, 0.1) is 0 Å². The van der Waals surface area contributed by atoms with Gasteiger partial charge in [0.1, 0.15) is 5.75 Å². The van der Waals surface area contributed by atoms with Gasteiger partial charge in [-0.3, -0.25) is 4.79 Å². The third kappa shape index (κ3) is 3.19. The molecule has 0 amide bonds. The van der Waals surface area contributed by atoms with Crippen molar-refractivity contribution in [1.82, 2.24) is 0 Å². The minimum absolute atomic E-state index is 0.0586. The van der Waals surface area contributed by atoms with Gasteiger partial charge in [0.2, 0.25) is 5.78 Å². The maximum Gasteiger partial charge on any atom is 0.379 e. The van der Waals surface area contributed by atoms with E-state index in [1.165, 1.54) is 6.92 Å². The maximum absolute atomic E-state index is 11.0. The number of hydrogen-bond donors (Lipinski definition) is 0. The van der Waals surface area contributed by atoms with Gasteiger partial charge in [-0.1, -0.05) is 32.9 Å². The Morgan fingerprint density at radius 1 is 1.06 bits per heavy atom. The van der Waals surface area contributed by atoms with Crippen LogP contribution >= 0.6 is 0 Å². The van der Waals surface area contributed by atoms with Crippen molar-refractivity contribution in [3.63, 3.8) is 0 Å². The summed E-state index contributed by atoms with van der Waals surface area (Å²) in [5, 5.41) is 0. The zero-order valence-corrected chi connectivity index (χ0v) is 10.0. The normalized spacial score (nSPS) is 11.0. The average Bonchev–Trinajstić information content (AvgIpc) is 2.17. The molecule has 1 aromatic rings. The summed E-state index contributed by atoms with van der Waals surface area (Å²) >= 11 is 0. The molecule has 0 aliphatic heterocycles. The van der Waals surface area contributed by atoms with Gasteiger partial charge in [-0.2, -0.15) is 0 Å². The van der Waals surface area contributed by atoms with E-state index in [4.69, 9.17) is 4.74 Å². The van der Waals surface area contributed by atoms with E-state index < -0.39 is 11.8 Å². The summed E-state index contributed by atoms with van der Waals surface area (Å²) in [6.07, 6.45) is 0. The van der Waals surface area contributed by atoms with Crippen LogP contribution in [0.1, 0.15) is 33.3 Å². The lowest BCUT2D eigenvalue weighted by atomic mass is 9.87. The van der Waals surface area contributed by atoms with Crippen LogP contribution in [0.15, 0.2) is 24.3 Å². The van der Waals surface area contributed by atoms with Gasteiger partial charge in [0.05, 0.1) is 0 Å². The molecule has 1 aromatic carbocycles. The molecule has 1 rings (SSSR count). The van der Waals surface area contributed by atoms with E-state index in [0.29, 0.717) is 5.75 Å². The third-order valence-electron chi connectivity index (χ3n) is 2.22. The van der Waals surface area contributed by atoms with Crippen molar-refractivity contribution >= 4 is 11.8 Å². The van der Waals surface area contributed by atoms with Crippen molar-refractivity contribution in [3.05, 3.63) is 29.8 Å². The summed E-state index contributed by atoms with van der Waals surface area (Å²) in [6.45, 7) is 7.49. The second kappa shape index (κ2) is 4.47. The lowest BCUT2D eigenvalue weighted by Crippen LogP contribution is -2.17. The van der Waals surface area contributed by atoms with Gasteiger partial charge in [0.25, 0.3) is 0 Å². The molecule has 0 fully saturated rings. The number of carbonyl (C=O) groups is 2. The van der Waals surface area contributed by atoms with Crippen LogP contribution in [0.4, 0.5) is 0 Å². The summed E-state index contributed by atoms with van der Waals surface area (Å²) in [5.74, 6) is -1.03. The average molecular weight is 220 g/mol. The third-order valence-corrected chi connectivity index (χ3v) is 2.22. The van der Waals surface area contributed by atoms with Gasteiger partial charge in [-0.05, 0) is 23.1 Å². The number of esters is 1. The predicted octanol–water partition coefficient (Wildman–Crippen LogP) is 2.48. The predicted molar refractivity (Wildman–Crippen MR) is 61.5 cm³/mol. The second-order valence-electron chi connectivity index (χ2n) is 4.72. The Kier molecular flexibility index (Phi) is 3.48. The largest absolute Gasteiger partial charge is 0.421 e. The molecule has 0 radical (unpaired) electrons. The molecular weight excluding hydrogens is 204 g/mol. The van der Waals surface area contributed by atoms with Crippen LogP contribution in [0.2, 0.25) is 0 Å². The van der Waals surface area contributed by atoms with Gasteiger partial charge >= 0.3 is 5.97 Å². The number of Topliss-reactive ketones (excluding diaryl/α,β-unsaturated/α-hetero) is 1. The highest BCUT2D eigenvalue weighted by atomic mass is 16.5. The minimum atomic E-state index is -0.830. The Balaban J connectivity index is 2.80.